The van der Waals surface area contributed by atoms with Crippen LogP contribution in [0.5, 0.6) is 11.5 Å². The van der Waals surface area contributed by atoms with Crippen LogP contribution in [-0.2, 0) is 14.9 Å². The third-order valence-electron chi connectivity index (χ3n) is 3.35. The summed E-state index contributed by atoms with van der Waals surface area (Å²) in [4.78, 5) is 6.57. The number of benzene rings is 1. The second-order valence-electron chi connectivity index (χ2n) is 4.75. The molecule has 0 amide bonds. The molecule has 0 atom stereocenters. The van der Waals surface area contributed by atoms with E-state index in [2.05, 4.69) is 0 Å². The molecule has 1 aromatic carbocycles. The molecular weight excluding hydrogens is 301 g/mol. The van der Waals surface area contributed by atoms with E-state index in [4.69, 9.17) is 14.3 Å². The van der Waals surface area contributed by atoms with Gasteiger partial charge in [0.1, 0.15) is 10.7 Å². The molecule has 1 aromatic rings. The zero-order valence-corrected chi connectivity index (χ0v) is 12.7. The number of hydrogen-bond donors (Lipinski definition) is 1. The first-order chi connectivity index (χ1) is 9.97. The predicted octanol–water partition coefficient (Wildman–Crippen LogP) is 2.00. The van der Waals surface area contributed by atoms with Gasteiger partial charge in [-0.25, -0.2) is 12.8 Å². The maximum absolute atomic E-state index is 13.9. The molecule has 0 radical (unpaired) electrons. The van der Waals surface area contributed by atoms with Gasteiger partial charge in [-0.3, -0.25) is 4.84 Å². The Kier molecular flexibility index (Phi) is 5.02. The summed E-state index contributed by atoms with van der Waals surface area (Å²) in [5, 5.41) is 0. The smallest absolute Gasteiger partial charge is 0.265 e. The van der Waals surface area contributed by atoms with Gasteiger partial charge in [0.25, 0.3) is 10.0 Å². The number of ether oxygens (including phenoxy) is 2. The molecule has 118 valence electrons. The van der Waals surface area contributed by atoms with Crippen molar-refractivity contribution in [3.63, 3.8) is 0 Å². The van der Waals surface area contributed by atoms with Crippen LogP contribution in [0.4, 0.5) is 4.39 Å². The molecule has 0 unspecified atom stereocenters. The average Bonchev–Trinajstić information content (AvgIpc) is 2.98. The number of rotatable bonds is 6. The largest absolute Gasteiger partial charge is 0.493 e. The fraction of sp³-hybridized carbons (Fsp3) is 0.538. The first-order valence-corrected chi connectivity index (χ1v) is 8.05. The first kappa shape index (κ1) is 16.0. The molecule has 21 heavy (non-hydrogen) atoms. The van der Waals surface area contributed by atoms with Crippen LogP contribution in [0.2, 0.25) is 0 Å². The zero-order valence-electron chi connectivity index (χ0n) is 11.9. The minimum atomic E-state index is -4.12. The van der Waals surface area contributed by atoms with Crippen molar-refractivity contribution in [2.45, 2.75) is 36.7 Å². The Bertz CT molecular complexity index is 599. The van der Waals surface area contributed by atoms with Crippen molar-refractivity contribution < 1.29 is 27.1 Å². The van der Waals surface area contributed by atoms with Crippen LogP contribution in [0.1, 0.15) is 25.7 Å². The van der Waals surface area contributed by atoms with Crippen molar-refractivity contribution in [3.05, 3.63) is 17.9 Å². The summed E-state index contributed by atoms with van der Waals surface area (Å²) in [6.45, 7) is 0. The minimum Gasteiger partial charge on any atom is -0.493 e. The lowest BCUT2D eigenvalue weighted by atomic mass is 10.3. The normalized spacial score (nSPS) is 16.1. The van der Waals surface area contributed by atoms with E-state index in [-0.39, 0.29) is 17.6 Å². The van der Waals surface area contributed by atoms with E-state index in [1.165, 1.54) is 14.2 Å². The zero-order chi connectivity index (χ0) is 15.5. The lowest BCUT2D eigenvalue weighted by molar-refractivity contribution is 0.0222. The monoisotopic (exact) mass is 319 g/mol. The van der Waals surface area contributed by atoms with E-state index in [1.54, 1.807) is 0 Å². The third kappa shape index (κ3) is 3.63. The average molecular weight is 319 g/mol. The predicted molar refractivity (Wildman–Crippen MR) is 73.2 cm³/mol. The Hall–Kier alpha value is -1.38. The lowest BCUT2D eigenvalue weighted by Crippen LogP contribution is -2.29. The summed E-state index contributed by atoms with van der Waals surface area (Å²) in [5.41, 5.74) is 0. The van der Waals surface area contributed by atoms with Crippen LogP contribution in [0.25, 0.3) is 0 Å². The van der Waals surface area contributed by atoms with E-state index < -0.39 is 20.7 Å². The van der Waals surface area contributed by atoms with Gasteiger partial charge in [0.05, 0.1) is 20.3 Å². The number of hydrogen-bond acceptors (Lipinski definition) is 5. The van der Waals surface area contributed by atoms with E-state index in [0.29, 0.717) is 0 Å². The number of nitrogens with one attached hydrogen (secondary N) is 1. The number of methoxy groups -OCH3 is 2. The summed E-state index contributed by atoms with van der Waals surface area (Å²) in [6, 6.07) is 2.03. The second kappa shape index (κ2) is 6.59. The fourth-order valence-electron chi connectivity index (χ4n) is 2.22. The van der Waals surface area contributed by atoms with Crippen LogP contribution >= 0.6 is 0 Å². The van der Waals surface area contributed by atoms with Crippen molar-refractivity contribution >= 4 is 10.0 Å². The molecule has 2 rings (SSSR count). The second-order valence-corrected chi connectivity index (χ2v) is 6.36. The van der Waals surface area contributed by atoms with Gasteiger partial charge in [0, 0.05) is 12.1 Å². The van der Waals surface area contributed by atoms with Gasteiger partial charge in [-0.1, -0.05) is 17.7 Å². The minimum absolute atomic E-state index is 0.116. The molecule has 1 fully saturated rings. The number of halogens is 1. The van der Waals surface area contributed by atoms with Gasteiger partial charge >= 0.3 is 0 Å². The Morgan fingerprint density at radius 3 is 2.29 bits per heavy atom. The lowest BCUT2D eigenvalue weighted by Gasteiger charge is -2.14. The molecule has 1 aliphatic rings. The molecule has 0 saturated heterocycles. The van der Waals surface area contributed by atoms with Crippen LogP contribution in [-0.4, -0.2) is 28.7 Å². The van der Waals surface area contributed by atoms with E-state index in [0.717, 1.165) is 37.8 Å². The Balaban J connectivity index is 2.22. The molecule has 0 heterocycles. The van der Waals surface area contributed by atoms with Crippen LogP contribution in [0.3, 0.4) is 0 Å². The topological polar surface area (TPSA) is 73.9 Å². The molecule has 8 heteroatoms. The quantitative estimate of drug-likeness (QED) is 0.812. The van der Waals surface area contributed by atoms with Crippen LogP contribution < -0.4 is 14.4 Å². The van der Waals surface area contributed by atoms with E-state index in [9.17, 15) is 12.8 Å². The summed E-state index contributed by atoms with van der Waals surface area (Å²) >= 11 is 0. The third-order valence-corrected chi connectivity index (χ3v) is 4.56. The van der Waals surface area contributed by atoms with Crippen LogP contribution in [0, 0.1) is 5.82 Å². The highest BCUT2D eigenvalue weighted by Gasteiger charge is 2.25. The molecule has 0 spiro atoms. The first-order valence-electron chi connectivity index (χ1n) is 6.57. The van der Waals surface area contributed by atoms with Crippen molar-refractivity contribution in [1.29, 1.82) is 0 Å². The molecule has 1 N–H and O–H groups in total. The molecule has 1 saturated carbocycles. The summed E-state index contributed by atoms with van der Waals surface area (Å²) in [6.07, 6.45) is 3.41. The fourth-order valence-corrected chi connectivity index (χ4v) is 3.15. The Morgan fingerprint density at radius 2 is 1.71 bits per heavy atom. The van der Waals surface area contributed by atoms with E-state index >= 15 is 0 Å². The van der Waals surface area contributed by atoms with Gasteiger partial charge < -0.3 is 9.47 Å². The van der Waals surface area contributed by atoms with E-state index in [1.807, 2.05) is 4.89 Å². The molecule has 1 aliphatic carbocycles. The molecule has 0 aliphatic heterocycles. The maximum atomic E-state index is 13.9. The Labute approximate surface area is 123 Å². The van der Waals surface area contributed by atoms with Gasteiger partial charge in [-0.05, 0) is 12.8 Å². The molecule has 0 bridgehead atoms. The summed E-state index contributed by atoms with van der Waals surface area (Å²) in [5.74, 6) is -0.694. The highest BCUT2D eigenvalue weighted by Crippen LogP contribution is 2.32. The van der Waals surface area contributed by atoms with Gasteiger partial charge in [0.15, 0.2) is 11.5 Å². The van der Waals surface area contributed by atoms with Crippen molar-refractivity contribution in [2.24, 2.45) is 0 Å². The summed E-state index contributed by atoms with van der Waals surface area (Å²) < 4.78 is 48.0. The van der Waals surface area contributed by atoms with Crippen LogP contribution in [0.15, 0.2) is 17.0 Å². The maximum Gasteiger partial charge on any atom is 0.265 e. The number of sulfonamides is 1. The van der Waals surface area contributed by atoms with Gasteiger partial charge in [-0.15, -0.1) is 0 Å². The SMILES string of the molecule is COc1cc(F)c(S(=O)(=O)NOC2CCCC2)cc1OC. The van der Waals surface area contributed by atoms with Crippen molar-refractivity contribution in [2.75, 3.05) is 14.2 Å². The highest BCUT2D eigenvalue weighted by molar-refractivity contribution is 7.89. The van der Waals surface area contributed by atoms with Gasteiger partial charge in [0.2, 0.25) is 0 Å². The molecule has 6 nitrogen and oxygen atoms in total. The summed E-state index contributed by atoms with van der Waals surface area (Å²) in [7, 11) is -1.44. The highest BCUT2D eigenvalue weighted by atomic mass is 32.2. The standard InChI is InChI=1S/C13H18FNO5S/c1-18-11-7-10(14)13(8-12(11)19-2)21(16,17)15-20-9-5-3-4-6-9/h7-9,15H,3-6H2,1-2H3. The van der Waals surface area contributed by atoms with Gasteiger partial charge in [-0.2, -0.15) is 0 Å². The van der Waals surface area contributed by atoms with Crippen molar-refractivity contribution in [1.82, 2.24) is 4.89 Å². The van der Waals surface area contributed by atoms with Crippen molar-refractivity contribution in [3.8, 4) is 11.5 Å². The Morgan fingerprint density at radius 1 is 1.14 bits per heavy atom. The molecular formula is C13H18FNO5S. The molecule has 0 aromatic heterocycles.